The number of carbonyl (C=O) groups is 1. The van der Waals surface area contributed by atoms with Crippen LogP contribution < -0.4 is 0 Å². The second-order valence-electron chi connectivity index (χ2n) is 2.81. The molecule has 0 saturated heterocycles. The fourth-order valence-corrected chi connectivity index (χ4v) is 1.08. The van der Waals surface area contributed by atoms with Crippen molar-refractivity contribution in [2.45, 2.75) is 6.92 Å². The van der Waals surface area contributed by atoms with Gasteiger partial charge in [-0.2, -0.15) is 0 Å². The first-order chi connectivity index (χ1) is 6.77. The van der Waals surface area contributed by atoms with Gasteiger partial charge in [-0.1, -0.05) is 0 Å². The van der Waals surface area contributed by atoms with Crippen LogP contribution in [0.15, 0.2) is 35.0 Å². The zero-order valence-electron chi connectivity index (χ0n) is 7.60. The summed E-state index contributed by atoms with van der Waals surface area (Å²) in [6, 6.07) is 5.01. The van der Waals surface area contributed by atoms with E-state index < -0.39 is 0 Å². The third-order valence-electron chi connectivity index (χ3n) is 1.73. The Kier molecular flexibility index (Phi) is 2.10. The number of aryl methyl sites for hydroxylation is 1. The summed E-state index contributed by atoms with van der Waals surface area (Å²) >= 11 is 0. The zero-order chi connectivity index (χ0) is 9.97. The van der Waals surface area contributed by atoms with Crippen LogP contribution in [-0.4, -0.2) is 15.8 Å². The van der Waals surface area contributed by atoms with Crippen molar-refractivity contribution < 1.29 is 9.21 Å². The molecule has 0 spiro atoms. The molecule has 4 nitrogen and oxygen atoms in total. The van der Waals surface area contributed by atoms with E-state index in [1.54, 1.807) is 25.1 Å². The van der Waals surface area contributed by atoms with E-state index in [4.69, 9.17) is 4.42 Å². The Labute approximate surface area is 80.6 Å². The van der Waals surface area contributed by atoms with Crippen LogP contribution in [0.3, 0.4) is 0 Å². The molecule has 14 heavy (non-hydrogen) atoms. The second-order valence-corrected chi connectivity index (χ2v) is 2.81. The molecular formula is C10H8N2O2. The molecule has 0 amide bonds. The summed E-state index contributed by atoms with van der Waals surface area (Å²) in [4.78, 5) is 19.3. The summed E-state index contributed by atoms with van der Waals surface area (Å²) in [5, 5.41) is 0. The molecule has 2 aromatic heterocycles. The Morgan fingerprint density at radius 2 is 2.00 bits per heavy atom. The van der Waals surface area contributed by atoms with Gasteiger partial charge in [0, 0.05) is 12.4 Å². The molecule has 0 aliphatic heterocycles. The maximum atomic E-state index is 11.6. The largest absolute Gasteiger partial charge is 0.458 e. The average molecular weight is 188 g/mol. The number of nitrogens with zero attached hydrogens (tertiary/aromatic N) is 2. The van der Waals surface area contributed by atoms with Gasteiger partial charge < -0.3 is 4.42 Å². The Balaban J connectivity index is 2.34. The highest BCUT2D eigenvalue weighted by molar-refractivity contribution is 6.04. The number of carbonyl (C=O) groups excluding carboxylic acids is 1. The van der Waals surface area contributed by atoms with Gasteiger partial charge in [0.05, 0.1) is 0 Å². The molecule has 0 radical (unpaired) electrons. The third-order valence-corrected chi connectivity index (χ3v) is 1.73. The topological polar surface area (TPSA) is 56.0 Å². The standard InChI is InChI=1S/C10H8N2O2/c1-7-3-4-8(14-7)9(13)10-11-5-2-6-12-10/h2-6H,1H3. The molecule has 2 rings (SSSR count). The van der Waals surface area contributed by atoms with Crippen LogP contribution in [0.1, 0.15) is 22.1 Å². The number of hydrogen-bond acceptors (Lipinski definition) is 4. The van der Waals surface area contributed by atoms with Gasteiger partial charge in [0.25, 0.3) is 5.78 Å². The van der Waals surface area contributed by atoms with Crippen molar-refractivity contribution in [3.05, 3.63) is 47.9 Å². The smallest absolute Gasteiger partial charge is 0.265 e. The van der Waals surface area contributed by atoms with E-state index in [1.807, 2.05) is 0 Å². The van der Waals surface area contributed by atoms with Crippen molar-refractivity contribution in [2.24, 2.45) is 0 Å². The molecule has 0 unspecified atom stereocenters. The van der Waals surface area contributed by atoms with E-state index >= 15 is 0 Å². The van der Waals surface area contributed by atoms with E-state index in [0.29, 0.717) is 5.76 Å². The zero-order valence-corrected chi connectivity index (χ0v) is 7.60. The Hall–Kier alpha value is -1.97. The minimum Gasteiger partial charge on any atom is -0.458 e. The Bertz CT molecular complexity index is 448. The van der Waals surface area contributed by atoms with E-state index in [9.17, 15) is 4.79 Å². The predicted molar refractivity (Wildman–Crippen MR) is 48.9 cm³/mol. The molecule has 70 valence electrons. The van der Waals surface area contributed by atoms with Gasteiger partial charge in [-0.25, -0.2) is 9.97 Å². The summed E-state index contributed by atoms with van der Waals surface area (Å²) in [6.45, 7) is 1.78. The second kappa shape index (κ2) is 3.41. The van der Waals surface area contributed by atoms with Gasteiger partial charge in [0.1, 0.15) is 5.76 Å². The van der Waals surface area contributed by atoms with Crippen molar-refractivity contribution in [1.29, 1.82) is 0 Å². The molecule has 0 aromatic carbocycles. The maximum Gasteiger partial charge on any atom is 0.265 e. The summed E-state index contributed by atoms with van der Waals surface area (Å²) in [7, 11) is 0. The van der Waals surface area contributed by atoms with Crippen LogP contribution in [0.25, 0.3) is 0 Å². The van der Waals surface area contributed by atoms with E-state index in [2.05, 4.69) is 9.97 Å². The minimum atomic E-state index is -0.293. The van der Waals surface area contributed by atoms with Crippen LogP contribution in [-0.2, 0) is 0 Å². The lowest BCUT2D eigenvalue weighted by Crippen LogP contribution is -2.04. The van der Waals surface area contributed by atoms with Gasteiger partial charge in [0.15, 0.2) is 5.76 Å². The number of furan rings is 1. The molecule has 0 atom stereocenters. The summed E-state index contributed by atoms with van der Waals surface area (Å²) in [6.07, 6.45) is 3.05. The van der Waals surface area contributed by atoms with Crippen LogP contribution in [0.5, 0.6) is 0 Å². The van der Waals surface area contributed by atoms with Gasteiger partial charge in [0.2, 0.25) is 5.82 Å². The monoisotopic (exact) mass is 188 g/mol. The van der Waals surface area contributed by atoms with Crippen LogP contribution in [0, 0.1) is 6.92 Å². The highest BCUT2D eigenvalue weighted by Crippen LogP contribution is 2.09. The summed E-state index contributed by atoms with van der Waals surface area (Å²) in [5.74, 6) is 0.832. The lowest BCUT2D eigenvalue weighted by atomic mass is 10.3. The first-order valence-electron chi connectivity index (χ1n) is 4.15. The van der Waals surface area contributed by atoms with Crippen molar-refractivity contribution in [3.63, 3.8) is 0 Å². The molecule has 0 fully saturated rings. The molecule has 2 aromatic rings. The fourth-order valence-electron chi connectivity index (χ4n) is 1.08. The van der Waals surface area contributed by atoms with Gasteiger partial charge >= 0.3 is 0 Å². The van der Waals surface area contributed by atoms with Crippen molar-refractivity contribution in [2.75, 3.05) is 0 Å². The van der Waals surface area contributed by atoms with E-state index in [-0.39, 0.29) is 17.4 Å². The van der Waals surface area contributed by atoms with Crippen LogP contribution in [0.2, 0.25) is 0 Å². The molecule has 0 saturated carbocycles. The molecule has 0 aliphatic carbocycles. The summed E-state index contributed by atoms with van der Waals surface area (Å²) in [5.41, 5.74) is 0. The van der Waals surface area contributed by atoms with Crippen molar-refractivity contribution >= 4 is 5.78 Å². The Morgan fingerprint density at radius 1 is 1.29 bits per heavy atom. The highest BCUT2D eigenvalue weighted by Gasteiger charge is 2.14. The molecule has 4 heteroatoms. The first kappa shape index (κ1) is 8.62. The number of ketones is 1. The number of rotatable bonds is 2. The third kappa shape index (κ3) is 1.54. The van der Waals surface area contributed by atoms with Gasteiger partial charge in [-0.15, -0.1) is 0 Å². The van der Waals surface area contributed by atoms with E-state index in [1.165, 1.54) is 12.4 Å². The Morgan fingerprint density at radius 3 is 2.57 bits per heavy atom. The average Bonchev–Trinajstić information content (AvgIpc) is 2.65. The molecule has 0 aliphatic rings. The highest BCUT2D eigenvalue weighted by atomic mass is 16.3. The molecule has 2 heterocycles. The first-order valence-corrected chi connectivity index (χ1v) is 4.15. The normalized spacial score (nSPS) is 10.1. The lowest BCUT2D eigenvalue weighted by molar-refractivity contribution is 0.0998. The van der Waals surface area contributed by atoms with Crippen molar-refractivity contribution in [1.82, 2.24) is 9.97 Å². The number of aromatic nitrogens is 2. The molecule has 0 N–H and O–H groups in total. The quantitative estimate of drug-likeness (QED) is 0.672. The molecular weight excluding hydrogens is 180 g/mol. The summed E-state index contributed by atoms with van der Waals surface area (Å²) < 4.78 is 5.17. The molecule has 0 bridgehead atoms. The van der Waals surface area contributed by atoms with Gasteiger partial charge in [-0.05, 0) is 25.1 Å². The van der Waals surface area contributed by atoms with E-state index in [0.717, 1.165) is 0 Å². The fraction of sp³-hybridized carbons (Fsp3) is 0.100. The van der Waals surface area contributed by atoms with Gasteiger partial charge in [-0.3, -0.25) is 4.79 Å². The van der Waals surface area contributed by atoms with Crippen molar-refractivity contribution in [3.8, 4) is 0 Å². The van der Waals surface area contributed by atoms with Crippen LogP contribution in [0.4, 0.5) is 0 Å². The maximum absolute atomic E-state index is 11.6. The SMILES string of the molecule is Cc1ccc(C(=O)c2ncccn2)o1. The predicted octanol–water partition coefficient (Wildman–Crippen LogP) is 1.61. The lowest BCUT2D eigenvalue weighted by Gasteiger charge is -1.93. The van der Waals surface area contributed by atoms with Crippen LogP contribution >= 0.6 is 0 Å². The minimum absolute atomic E-state index is 0.154. The number of hydrogen-bond donors (Lipinski definition) is 0.